The SMILES string of the molecule is CC1CCC(CC2CCC(NC(C)C)CC2)CC1. The second-order valence-electron chi connectivity index (χ2n) is 7.40. The maximum Gasteiger partial charge on any atom is 0.00696 e. The maximum atomic E-state index is 3.71. The molecule has 2 aliphatic carbocycles. The fourth-order valence-corrected chi connectivity index (χ4v) is 4.07. The molecule has 1 nitrogen and oxygen atoms in total. The van der Waals surface area contributed by atoms with E-state index in [0.717, 1.165) is 23.8 Å². The molecule has 1 N–H and O–H groups in total. The van der Waals surface area contributed by atoms with E-state index in [0.29, 0.717) is 6.04 Å². The van der Waals surface area contributed by atoms with Gasteiger partial charge < -0.3 is 5.32 Å². The average Bonchev–Trinajstić information content (AvgIpc) is 2.34. The van der Waals surface area contributed by atoms with Crippen LogP contribution in [-0.4, -0.2) is 12.1 Å². The van der Waals surface area contributed by atoms with Crippen molar-refractivity contribution in [1.82, 2.24) is 5.32 Å². The predicted octanol–water partition coefficient (Wildman–Crippen LogP) is 4.76. The summed E-state index contributed by atoms with van der Waals surface area (Å²) in [6.45, 7) is 6.98. The van der Waals surface area contributed by atoms with Crippen LogP contribution >= 0.6 is 0 Å². The largest absolute Gasteiger partial charge is 0.312 e. The Hall–Kier alpha value is -0.0400. The van der Waals surface area contributed by atoms with Crippen LogP contribution in [0.1, 0.15) is 78.6 Å². The zero-order valence-electron chi connectivity index (χ0n) is 12.8. The van der Waals surface area contributed by atoms with E-state index in [4.69, 9.17) is 0 Å². The fourth-order valence-electron chi connectivity index (χ4n) is 4.07. The second-order valence-corrected chi connectivity index (χ2v) is 7.40. The van der Waals surface area contributed by atoms with Crippen molar-refractivity contribution in [2.45, 2.75) is 90.6 Å². The van der Waals surface area contributed by atoms with E-state index < -0.39 is 0 Å². The van der Waals surface area contributed by atoms with Crippen LogP contribution in [0.3, 0.4) is 0 Å². The summed E-state index contributed by atoms with van der Waals surface area (Å²) in [4.78, 5) is 0. The van der Waals surface area contributed by atoms with Gasteiger partial charge in [0.15, 0.2) is 0 Å². The molecule has 2 aliphatic rings. The number of rotatable bonds is 4. The Labute approximate surface area is 114 Å². The Morgan fingerprint density at radius 1 is 0.833 bits per heavy atom. The molecular formula is C17H33N. The molecule has 18 heavy (non-hydrogen) atoms. The van der Waals surface area contributed by atoms with Gasteiger partial charge in [-0.15, -0.1) is 0 Å². The lowest BCUT2D eigenvalue weighted by atomic mass is 9.74. The van der Waals surface area contributed by atoms with Crippen LogP contribution < -0.4 is 5.32 Å². The van der Waals surface area contributed by atoms with Crippen LogP contribution in [-0.2, 0) is 0 Å². The van der Waals surface area contributed by atoms with E-state index in [2.05, 4.69) is 26.1 Å². The molecule has 2 saturated carbocycles. The Balaban J connectivity index is 1.64. The van der Waals surface area contributed by atoms with Crippen LogP contribution in [0.2, 0.25) is 0 Å². The van der Waals surface area contributed by atoms with Crippen LogP contribution in [0.25, 0.3) is 0 Å². The Morgan fingerprint density at radius 2 is 1.33 bits per heavy atom. The van der Waals surface area contributed by atoms with Gasteiger partial charge in [0.2, 0.25) is 0 Å². The zero-order chi connectivity index (χ0) is 13.0. The summed E-state index contributed by atoms with van der Waals surface area (Å²) in [7, 11) is 0. The number of nitrogens with one attached hydrogen (secondary N) is 1. The first kappa shape index (κ1) is 14.4. The van der Waals surface area contributed by atoms with Gasteiger partial charge >= 0.3 is 0 Å². The molecule has 0 aromatic carbocycles. The topological polar surface area (TPSA) is 12.0 Å². The molecule has 106 valence electrons. The fraction of sp³-hybridized carbons (Fsp3) is 1.00. The van der Waals surface area contributed by atoms with Gasteiger partial charge in [-0.2, -0.15) is 0 Å². The van der Waals surface area contributed by atoms with Crippen LogP contribution in [0.15, 0.2) is 0 Å². The molecule has 0 saturated heterocycles. The first-order valence-corrected chi connectivity index (χ1v) is 8.39. The number of hydrogen-bond donors (Lipinski definition) is 1. The summed E-state index contributed by atoms with van der Waals surface area (Å²) in [5.74, 6) is 3.13. The van der Waals surface area contributed by atoms with Gasteiger partial charge in [-0.05, 0) is 49.9 Å². The van der Waals surface area contributed by atoms with E-state index >= 15 is 0 Å². The monoisotopic (exact) mass is 251 g/mol. The third-order valence-electron chi connectivity index (χ3n) is 5.22. The highest BCUT2D eigenvalue weighted by Crippen LogP contribution is 2.36. The molecule has 0 aromatic heterocycles. The Kier molecular flexibility index (Phi) is 5.54. The van der Waals surface area contributed by atoms with Crippen molar-refractivity contribution in [3.8, 4) is 0 Å². The smallest absolute Gasteiger partial charge is 0.00696 e. The summed E-state index contributed by atoms with van der Waals surface area (Å²) < 4.78 is 0. The van der Waals surface area contributed by atoms with E-state index in [1.165, 1.54) is 51.4 Å². The molecule has 2 rings (SSSR count). The minimum Gasteiger partial charge on any atom is -0.312 e. The van der Waals surface area contributed by atoms with Gasteiger partial charge in [-0.3, -0.25) is 0 Å². The predicted molar refractivity (Wildman–Crippen MR) is 79.8 cm³/mol. The van der Waals surface area contributed by atoms with Gasteiger partial charge in [0.1, 0.15) is 0 Å². The minimum atomic E-state index is 0.659. The van der Waals surface area contributed by atoms with Crippen molar-refractivity contribution >= 4 is 0 Å². The zero-order valence-corrected chi connectivity index (χ0v) is 12.8. The average molecular weight is 251 g/mol. The molecule has 0 amide bonds. The summed E-state index contributed by atoms with van der Waals surface area (Å²) in [6.07, 6.45) is 13.4. The number of hydrogen-bond acceptors (Lipinski definition) is 1. The molecule has 2 fully saturated rings. The summed E-state index contributed by atoms with van der Waals surface area (Å²) in [6, 6.07) is 1.47. The first-order chi connectivity index (χ1) is 8.63. The van der Waals surface area contributed by atoms with Crippen LogP contribution in [0.5, 0.6) is 0 Å². The molecular weight excluding hydrogens is 218 g/mol. The molecule has 0 heterocycles. The quantitative estimate of drug-likeness (QED) is 0.759. The molecule has 0 unspecified atom stereocenters. The molecule has 0 atom stereocenters. The summed E-state index contributed by atoms with van der Waals surface area (Å²) in [5, 5.41) is 3.71. The third kappa shape index (κ3) is 4.57. The minimum absolute atomic E-state index is 0.659. The van der Waals surface area contributed by atoms with E-state index in [-0.39, 0.29) is 0 Å². The van der Waals surface area contributed by atoms with Crippen molar-refractivity contribution in [2.75, 3.05) is 0 Å². The Morgan fingerprint density at radius 3 is 1.83 bits per heavy atom. The van der Waals surface area contributed by atoms with Crippen LogP contribution in [0, 0.1) is 17.8 Å². The van der Waals surface area contributed by atoms with Crippen LogP contribution in [0.4, 0.5) is 0 Å². The van der Waals surface area contributed by atoms with Gasteiger partial charge in [-0.25, -0.2) is 0 Å². The van der Waals surface area contributed by atoms with Crippen molar-refractivity contribution in [3.05, 3.63) is 0 Å². The van der Waals surface area contributed by atoms with E-state index in [1.807, 2.05) is 0 Å². The van der Waals surface area contributed by atoms with Gasteiger partial charge in [-0.1, -0.05) is 46.5 Å². The summed E-state index contributed by atoms with van der Waals surface area (Å²) >= 11 is 0. The first-order valence-electron chi connectivity index (χ1n) is 8.39. The highest BCUT2D eigenvalue weighted by Gasteiger charge is 2.25. The summed E-state index contributed by atoms with van der Waals surface area (Å²) in [5.41, 5.74) is 0. The highest BCUT2D eigenvalue weighted by atomic mass is 14.9. The second kappa shape index (κ2) is 6.93. The molecule has 1 heteroatoms. The van der Waals surface area contributed by atoms with Gasteiger partial charge in [0.05, 0.1) is 0 Å². The van der Waals surface area contributed by atoms with Crippen molar-refractivity contribution in [2.24, 2.45) is 17.8 Å². The lowest BCUT2D eigenvalue weighted by molar-refractivity contribution is 0.201. The lowest BCUT2D eigenvalue weighted by Crippen LogP contribution is -2.37. The normalized spacial score (nSPS) is 38.0. The molecule has 0 aromatic rings. The lowest BCUT2D eigenvalue weighted by Gasteiger charge is -2.34. The van der Waals surface area contributed by atoms with E-state index in [9.17, 15) is 0 Å². The van der Waals surface area contributed by atoms with Gasteiger partial charge in [0, 0.05) is 12.1 Å². The maximum absolute atomic E-state index is 3.71. The molecule has 0 radical (unpaired) electrons. The van der Waals surface area contributed by atoms with E-state index in [1.54, 1.807) is 6.42 Å². The van der Waals surface area contributed by atoms with Crippen molar-refractivity contribution < 1.29 is 0 Å². The highest BCUT2D eigenvalue weighted by molar-refractivity contribution is 4.81. The third-order valence-corrected chi connectivity index (χ3v) is 5.22. The Bertz CT molecular complexity index is 220. The molecule has 0 spiro atoms. The van der Waals surface area contributed by atoms with Crippen molar-refractivity contribution in [1.29, 1.82) is 0 Å². The molecule has 0 aliphatic heterocycles. The standard InChI is InChI=1S/C17H33N/c1-13(2)18-17-10-8-16(9-11-17)12-15-6-4-14(3)5-7-15/h13-18H,4-12H2,1-3H3. The van der Waals surface area contributed by atoms with Crippen molar-refractivity contribution in [3.63, 3.8) is 0 Å². The molecule has 0 bridgehead atoms. The van der Waals surface area contributed by atoms with Gasteiger partial charge in [0.25, 0.3) is 0 Å².